The Morgan fingerprint density at radius 2 is 1.82 bits per heavy atom. The maximum atomic E-state index is 12.2. The molecule has 0 aromatic heterocycles. The number of hydrogen-bond acceptors (Lipinski definition) is 3. The van der Waals surface area contributed by atoms with E-state index in [4.69, 9.17) is 0 Å². The highest BCUT2D eigenvalue weighted by atomic mass is 16.4. The number of aliphatic carboxylic acids is 1. The quantitative estimate of drug-likeness (QED) is 0.748. The molecule has 1 fully saturated rings. The molecule has 2 amide bonds. The van der Waals surface area contributed by atoms with Crippen LogP contribution >= 0.6 is 0 Å². The van der Waals surface area contributed by atoms with Crippen molar-refractivity contribution < 1.29 is 19.5 Å². The minimum atomic E-state index is -0.829. The number of amides is 2. The summed E-state index contributed by atoms with van der Waals surface area (Å²) < 4.78 is 0. The Morgan fingerprint density at radius 3 is 2.27 bits per heavy atom. The number of carboxylic acid groups (broad SMARTS) is 1. The second-order valence-corrected chi connectivity index (χ2v) is 6.76. The molecule has 126 valence electrons. The van der Waals surface area contributed by atoms with Crippen LogP contribution in [0.3, 0.4) is 0 Å². The van der Waals surface area contributed by atoms with Crippen LogP contribution in [-0.4, -0.2) is 46.9 Å². The Bertz CT molecular complexity index is 434. The largest absolute Gasteiger partial charge is 0.481 e. The van der Waals surface area contributed by atoms with Gasteiger partial charge in [0.2, 0.25) is 11.8 Å². The molecule has 0 spiro atoms. The average Bonchev–Trinajstić information content (AvgIpc) is 2.84. The van der Waals surface area contributed by atoms with Gasteiger partial charge in [0.25, 0.3) is 0 Å². The summed E-state index contributed by atoms with van der Waals surface area (Å²) in [6.07, 6.45) is 1.61. The predicted molar refractivity (Wildman–Crippen MR) is 83.2 cm³/mol. The lowest BCUT2D eigenvalue weighted by molar-refractivity contribution is -0.151. The number of nitrogens with one attached hydrogen (secondary N) is 1. The van der Waals surface area contributed by atoms with E-state index < -0.39 is 11.4 Å². The molecule has 1 atom stereocenters. The lowest BCUT2D eigenvalue weighted by atomic mass is 9.76. The number of carbonyl (C=O) groups is 3. The van der Waals surface area contributed by atoms with Gasteiger partial charge in [-0.15, -0.1) is 0 Å². The van der Waals surface area contributed by atoms with E-state index in [0.29, 0.717) is 32.2 Å². The van der Waals surface area contributed by atoms with Crippen molar-refractivity contribution in [1.82, 2.24) is 10.2 Å². The van der Waals surface area contributed by atoms with Crippen molar-refractivity contribution in [3.05, 3.63) is 0 Å². The zero-order chi connectivity index (χ0) is 16.9. The van der Waals surface area contributed by atoms with Crippen molar-refractivity contribution in [3.63, 3.8) is 0 Å². The molecule has 6 nitrogen and oxygen atoms in total. The van der Waals surface area contributed by atoms with Gasteiger partial charge < -0.3 is 15.3 Å². The van der Waals surface area contributed by atoms with Gasteiger partial charge in [-0.3, -0.25) is 14.4 Å². The van der Waals surface area contributed by atoms with Gasteiger partial charge in [-0.2, -0.15) is 0 Å². The van der Waals surface area contributed by atoms with E-state index in [9.17, 15) is 19.5 Å². The normalized spacial score (nSPS) is 21.5. The fourth-order valence-corrected chi connectivity index (χ4v) is 2.89. The van der Waals surface area contributed by atoms with Crippen molar-refractivity contribution >= 4 is 17.8 Å². The van der Waals surface area contributed by atoms with Gasteiger partial charge in [-0.1, -0.05) is 13.8 Å². The van der Waals surface area contributed by atoms with E-state index in [1.807, 2.05) is 27.7 Å². The second kappa shape index (κ2) is 7.61. The molecule has 2 N–H and O–H groups in total. The average molecular weight is 312 g/mol. The Kier molecular flexibility index (Phi) is 6.38. The van der Waals surface area contributed by atoms with Gasteiger partial charge in [0.1, 0.15) is 0 Å². The molecule has 0 radical (unpaired) electrons. The Labute approximate surface area is 132 Å². The van der Waals surface area contributed by atoms with Gasteiger partial charge >= 0.3 is 5.97 Å². The van der Waals surface area contributed by atoms with Crippen LogP contribution in [-0.2, 0) is 14.4 Å². The molecule has 1 unspecified atom stereocenters. The van der Waals surface area contributed by atoms with E-state index in [2.05, 4.69) is 5.32 Å². The molecule has 0 aromatic rings. The third kappa shape index (κ3) is 4.45. The predicted octanol–water partition coefficient (Wildman–Crippen LogP) is 1.64. The van der Waals surface area contributed by atoms with Crippen molar-refractivity contribution in [3.8, 4) is 0 Å². The van der Waals surface area contributed by atoms with Crippen LogP contribution < -0.4 is 5.32 Å². The number of carbonyl (C=O) groups excluding carboxylic acids is 2. The molecule has 6 heteroatoms. The van der Waals surface area contributed by atoms with E-state index >= 15 is 0 Å². The van der Waals surface area contributed by atoms with Crippen molar-refractivity contribution in [2.75, 3.05) is 13.1 Å². The first-order valence-corrected chi connectivity index (χ1v) is 7.99. The zero-order valence-corrected chi connectivity index (χ0v) is 14.0. The van der Waals surface area contributed by atoms with Crippen LogP contribution in [0.4, 0.5) is 0 Å². The van der Waals surface area contributed by atoms with Crippen LogP contribution in [0.15, 0.2) is 0 Å². The first-order valence-electron chi connectivity index (χ1n) is 7.99. The molecule has 1 saturated heterocycles. The minimum absolute atomic E-state index is 0.0142. The van der Waals surface area contributed by atoms with E-state index in [0.717, 1.165) is 0 Å². The molecule has 1 heterocycles. The molecular formula is C16H28N2O4. The third-order valence-corrected chi connectivity index (χ3v) is 4.43. The Hall–Kier alpha value is -1.59. The minimum Gasteiger partial charge on any atom is -0.481 e. The van der Waals surface area contributed by atoms with E-state index in [-0.39, 0.29) is 30.3 Å². The molecule has 0 aliphatic carbocycles. The first kappa shape index (κ1) is 18.5. The topological polar surface area (TPSA) is 86.7 Å². The van der Waals surface area contributed by atoms with Crippen molar-refractivity contribution in [2.45, 2.75) is 59.4 Å². The van der Waals surface area contributed by atoms with Crippen LogP contribution in [0.1, 0.15) is 53.4 Å². The summed E-state index contributed by atoms with van der Waals surface area (Å²) in [5.74, 6) is -0.943. The summed E-state index contributed by atoms with van der Waals surface area (Å²) in [6, 6.07) is 0.101. The lowest BCUT2D eigenvalue weighted by Gasteiger charge is -2.28. The van der Waals surface area contributed by atoms with Crippen LogP contribution in [0.5, 0.6) is 0 Å². The monoisotopic (exact) mass is 312 g/mol. The SMILES string of the molecule is CC(C)NC(=O)CCCC(=O)N1CCC(C(=O)O)(C(C)C)C1. The highest BCUT2D eigenvalue weighted by Gasteiger charge is 2.48. The molecule has 22 heavy (non-hydrogen) atoms. The summed E-state index contributed by atoms with van der Waals surface area (Å²) in [5.41, 5.74) is -0.829. The number of hydrogen-bond donors (Lipinski definition) is 2. The van der Waals surface area contributed by atoms with Crippen LogP contribution in [0.2, 0.25) is 0 Å². The van der Waals surface area contributed by atoms with Gasteiger partial charge in [0.15, 0.2) is 0 Å². The molecule has 1 aliphatic rings. The molecular weight excluding hydrogens is 284 g/mol. The van der Waals surface area contributed by atoms with Crippen molar-refractivity contribution in [2.24, 2.45) is 11.3 Å². The first-order chi connectivity index (χ1) is 10.2. The highest BCUT2D eigenvalue weighted by Crippen LogP contribution is 2.38. The fraction of sp³-hybridized carbons (Fsp3) is 0.812. The van der Waals surface area contributed by atoms with Crippen molar-refractivity contribution in [1.29, 1.82) is 0 Å². The summed E-state index contributed by atoms with van der Waals surface area (Å²) in [6.45, 7) is 8.32. The lowest BCUT2D eigenvalue weighted by Crippen LogP contribution is -2.40. The highest BCUT2D eigenvalue weighted by molar-refractivity contribution is 5.81. The van der Waals surface area contributed by atoms with Crippen LogP contribution in [0, 0.1) is 11.3 Å². The maximum Gasteiger partial charge on any atom is 0.311 e. The van der Waals surface area contributed by atoms with E-state index in [1.54, 1.807) is 4.90 Å². The Morgan fingerprint density at radius 1 is 1.18 bits per heavy atom. The number of nitrogens with zero attached hydrogens (tertiary/aromatic N) is 1. The molecule has 1 rings (SSSR count). The third-order valence-electron chi connectivity index (χ3n) is 4.43. The van der Waals surface area contributed by atoms with Gasteiger partial charge in [-0.05, 0) is 32.6 Å². The zero-order valence-electron chi connectivity index (χ0n) is 14.0. The standard InChI is InChI=1S/C16H28N2O4/c1-11(2)16(15(21)22)8-9-18(10-16)14(20)7-5-6-13(19)17-12(3)4/h11-12H,5-10H2,1-4H3,(H,17,19)(H,21,22). The molecule has 1 aliphatic heterocycles. The molecule has 0 saturated carbocycles. The summed E-state index contributed by atoms with van der Waals surface area (Å²) in [4.78, 5) is 36.9. The molecule has 0 aromatic carbocycles. The van der Waals surface area contributed by atoms with E-state index in [1.165, 1.54) is 0 Å². The number of rotatable bonds is 7. The Balaban J connectivity index is 2.45. The van der Waals surface area contributed by atoms with Crippen LogP contribution in [0.25, 0.3) is 0 Å². The number of carboxylic acids is 1. The second-order valence-electron chi connectivity index (χ2n) is 6.76. The smallest absolute Gasteiger partial charge is 0.311 e. The van der Waals surface area contributed by atoms with Gasteiger partial charge in [0, 0.05) is 32.0 Å². The molecule has 0 bridgehead atoms. The van der Waals surface area contributed by atoms with Gasteiger partial charge in [0.05, 0.1) is 5.41 Å². The fourth-order valence-electron chi connectivity index (χ4n) is 2.89. The number of likely N-dealkylation sites (tertiary alicyclic amines) is 1. The van der Waals surface area contributed by atoms with Gasteiger partial charge in [-0.25, -0.2) is 0 Å². The summed E-state index contributed by atoms with van der Waals surface area (Å²) >= 11 is 0. The maximum absolute atomic E-state index is 12.2. The summed E-state index contributed by atoms with van der Waals surface area (Å²) in [7, 11) is 0. The summed E-state index contributed by atoms with van der Waals surface area (Å²) in [5, 5.41) is 12.3.